The van der Waals surface area contributed by atoms with Gasteiger partial charge in [-0.3, -0.25) is 9.59 Å². The topological polar surface area (TPSA) is 105 Å². The third-order valence-electron chi connectivity index (χ3n) is 7.91. The number of aliphatic carboxylic acids is 1. The SMILES string of the molecule is O=C(N[C@H]1CCCCC[C@H]1C(=O)NCC1(C(=O)O)CC1)OCC1c2ccccc2-c2ccccc21. The number of carbonyl (C=O) groups excluding carboxylic acids is 2. The van der Waals surface area contributed by atoms with Crippen LogP contribution in [0.5, 0.6) is 0 Å². The highest BCUT2D eigenvalue weighted by Gasteiger charge is 2.50. The lowest BCUT2D eigenvalue weighted by Crippen LogP contribution is -2.48. The van der Waals surface area contributed by atoms with Crippen molar-refractivity contribution in [3.05, 3.63) is 59.7 Å². The number of carbonyl (C=O) groups is 3. The maximum Gasteiger partial charge on any atom is 0.407 e. The van der Waals surface area contributed by atoms with Crippen molar-refractivity contribution in [2.45, 2.75) is 56.9 Å². The van der Waals surface area contributed by atoms with E-state index in [-0.39, 0.29) is 36.9 Å². The first-order valence-corrected chi connectivity index (χ1v) is 12.6. The van der Waals surface area contributed by atoms with Gasteiger partial charge in [-0.15, -0.1) is 0 Å². The normalized spacial score (nSPS) is 22.3. The minimum Gasteiger partial charge on any atom is -0.481 e. The molecule has 0 bridgehead atoms. The van der Waals surface area contributed by atoms with Crippen molar-refractivity contribution in [1.82, 2.24) is 10.6 Å². The minimum absolute atomic E-state index is 0.0212. The van der Waals surface area contributed by atoms with Crippen molar-refractivity contribution >= 4 is 18.0 Å². The molecule has 3 aliphatic carbocycles. The van der Waals surface area contributed by atoms with Crippen LogP contribution >= 0.6 is 0 Å². The van der Waals surface area contributed by atoms with Crippen LogP contribution in [-0.4, -0.2) is 42.3 Å². The van der Waals surface area contributed by atoms with Gasteiger partial charge in [0.05, 0.1) is 11.3 Å². The van der Waals surface area contributed by atoms with E-state index in [2.05, 4.69) is 34.9 Å². The van der Waals surface area contributed by atoms with E-state index in [0.29, 0.717) is 25.7 Å². The van der Waals surface area contributed by atoms with E-state index in [9.17, 15) is 19.5 Å². The zero-order valence-electron chi connectivity index (χ0n) is 19.8. The fraction of sp³-hybridized carbons (Fsp3) is 0.464. The van der Waals surface area contributed by atoms with E-state index in [4.69, 9.17) is 4.74 Å². The molecule has 2 fully saturated rings. The summed E-state index contributed by atoms with van der Waals surface area (Å²) in [4.78, 5) is 37.3. The number of alkyl carbamates (subject to hydrolysis) is 1. The molecule has 2 aromatic carbocycles. The molecule has 0 radical (unpaired) electrons. The second-order valence-electron chi connectivity index (χ2n) is 10.1. The van der Waals surface area contributed by atoms with Gasteiger partial charge in [0, 0.05) is 18.5 Å². The van der Waals surface area contributed by atoms with Crippen LogP contribution in [0.3, 0.4) is 0 Å². The summed E-state index contributed by atoms with van der Waals surface area (Å²) in [5, 5.41) is 15.2. The molecule has 0 spiro atoms. The molecule has 2 aromatic rings. The lowest BCUT2D eigenvalue weighted by molar-refractivity contribution is -0.143. The van der Waals surface area contributed by atoms with Gasteiger partial charge in [0.25, 0.3) is 0 Å². The molecular formula is C28H32N2O5. The van der Waals surface area contributed by atoms with Crippen LogP contribution < -0.4 is 10.6 Å². The third-order valence-corrected chi connectivity index (χ3v) is 7.91. The maximum absolute atomic E-state index is 13.0. The van der Waals surface area contributed by atoms with Crippen LogP contribution in [0.25, 0.3) is 11.1 Å². The fourth-order valence-electron chi connectivity index (χ4n) is 5.59. The molecule has 0 heterocycles. The van der Waals surface area contributed by atoms with Crippen molar-refractivity contribution in [2.24, 2.45) is 11.3 Å². The molecule has 3 N–H and O–H groups in total. The quantitative estimate of drug-likeness (QED) is 0.512. The zero-order valence-corrected chi connectivity index (χ0v) is 19.8. The van der Waals surface area contributed by atoms with Gasteiger partial charge in [-0.1, -0.05) is 67.8 Å². The molecule has 7 heteroatoms. The van der Waals surface area contributed by atoms with Crippen LogP contribution in [-0.2, 0) is 14.3 Å². The number of hydrogen-bond acceptors (Lipinski definition) is 4. The number of amides is 2. The standard InChI is InChI=1S/C28H32N2O5/c31-25(29-17-28(14-15-28)26(32)33)22-12-2-1-3-13-24(22)30-27(34)35-16-23-20-10-6-4-8-18(20)19-9-5-7-11-21(19)23/h4-11,22-24H,1-3,12-17H2,(H,29,31)(H,30,34)(H,32,33)/t22-,24+/m1/s1. The second kappa shape index (κ2) is 9.72. The number of nitrogens with one attached hydrogen (secondary N) is 2. The van der Waals surface area contributed by atoms with Gasteiger partial charge in [0.1, 0.15) is 6.61 Å². The number of fused-ring (bicyclic) bond motifs is 3. The van der Waals surface area contributed by atoms with Crippen LogP contribution in [0.4, 0.5) is 4.79 Å². The predicted molar refractivity (Wildman–Crippen MR) is 131 cm³/mol. The van der Waals surface area contributed by atoms with Crippen molar-refractivity contribution in [3.63, 3.8) is 0 Å². The van der Waals surface area contributed by atoms with Gasteiger partial charge in [-0.2, -0.15) is 0 Å². The minimum atomic E-state index is -0.855. The smallest absolute Gasteiger partial charge is 0.407 e. The van der Waals surface area contributed by atoms with Crippen LogP contribution in [0, 0.1) is 11.3 Å². The van der Waals surface area contributed by atoms with Gasteiger partial charge >= 0.3 is 12.1 Å². The van der Waals surface area contributed by atoms with E-state index in [1.165, 1.54) is 11.1 Å². The van der Waals surface area contributed by atoms with Crippen LogP contribution in [0.15, 0.2) is 48.5 Å². The summed E-state index contributed by atoms with van der Waals surface area (Å²) in [7, 11) is 0. The molecule has 5 rings (SSSR count). The molecule has 184 valence electrons. The predicted octanol–water partition coefficient (Wildman–Crippen LogP) is 4.46. The molecular weight excluding hydrogens is 444 g/mol. The Hall–Kier alpha value is -3.35. The van der Waals surface area contributed by atoms with Gasteiger partial charge < -0.3 is 20.5 Å². The van der Waals surface area contributed by atoms with E-state index in [1.807, 2.05) is 24.3 Å². The Morgan fingerprint density at radius 2 is 1.54 bits per heavy atom. The molecule has 0 saturated heterocycles. The zero-order chi connectivity index (χ0) is 24.4. The van der Waals surface area contributed by atoms with E-state index in [1.54, 1.807) is 0 Å². The lowest BCUT2D eigenvalue weighted by atomic mass is 9.93. The highest BCUT2D eigenvalue weighted by molar-refractivity contribution is 5.83. The highest BCUT2D eigenvalue weighted by atomic mass is 16.5. The average Bonchev–Trinajstić information content (AvgIpc) is 3.64. The van der Waals surface area contributed by atoms with Gasteiger partial charge in [0.15, 0.2) is 0 Å². The fourth-order valence-corrected chi connectivity index (χ4v) is 5.59. The summed E-state index contributed by atoms with van der Waals surface area (Å²) >= 11 is 0. The van der Waals surface area contributed by atoms with Crippen LogP contribution in [0.1, 0.15) is 62.0 Å². The molecule has 7 nitrogen and oxygen atoms in total. The molecule has 3 aliphatic rings. The van der Waals surface area contributed by atoms with Crippen molar-refractivity contribution in [3.8, 4) is 11.1 Å². The highest BCUT2D eigenvalue weighted by Crippen LogP contribution is 2.45. The molecule has 2 amide bonds. The van der Waals surface area contributed by atoms with E-state index in [0.717, 1.165) is 30.4 Å². The second-order valence-corrected chi connectivity index (χ2v) is 10.1. The molecule has 0 unspecified atom stereocenters. The summed E-state index contributed by atoms with van der Waals surface area (Å²) in [6.07, 6.45) is 4.88. The monoisotopic (exact) mass is 476 g/mol. The Labute approximate surface area is 205 Å². The van der Waals surface area contributed by atoms with E-state index < -0.39 is 17.5 Å². The molecule has 0 aliphatic heterocycles. The number of rotatable bonds is 7. The number of benzene rings is 2. The number of hydrogen-bond donors (Lipinski definition) is 3. The van der Waals surface area contributed by atoms with Gasteiger partial charge in [0.2, 0.25) is 5.91 Å². The largest absolute Gasteiger partial charge is 0.481 e. The number of carboxylic acids is 1. The van der Waals surface area contributed by atoms with Crippen LogP contribution in [0.2, 0.25) is 0 Å². The summed E-state index contributed by atoms with van der Waals surface area (Å²) in [5.41, 5.74) is 3.84. The Balaban J connectivity index is 1.21. The first-order chi connectivity index (χ1) is 17.0. The summed E-state index contributed by atoms with van der Waals surface area (Å²) < 4.78 is 5.71. The van der Waals surface area contributed by atoms with E-state index >= 15 is 0 Å². The Morgan fingerprint density at radius 1 is 0.914 bits per heavy atom. The number of carboxylic acid groups (broad SMARTS) is 1. The molecule has 35 heavy (non-hydrogen) atoms. The third kappa shape index (κ3) is 4.77. The first-order valence-electron chi connectivity index (χ1n) is 12.6. The molecule has 0 aromatic heterocycles. The lowest BCUT2D eigenvalue weighted by Gasteiger charge is -2.26. The summed E-state index contributed by atoms with van der Waals surface area (Å²) in [6.45, 7) is 0.375. The van der Waals surface area contributed by atoms with Crippen molar-refractivity contribution < 1.29 is 24.2 Å². The Morgan fingerprint density at radius 3 is 2.17 bits per heavy atom. The molecule has 2 atom stereocenters. The van der Waals surface area contributed by atoms with Crippen molar-refractivity contribution in [1.29, 1.82) is 0 Å². The first kappa shape index (κ1) is 23.4. The Kier molecular flexibility index (Phi) is 6.50. The Bertz CT molecular complexity index is 1080. The number of ether oxygens (including phenoxy) is 1. The molecule has 2 saturated carbocycles. The van der Waals surface area contributed by atoms with Crippen molar-refractivity contribution in [2.75, 3.05) is 13.2 Å². The summed E-state index contributed by atoms with van der Waals surface area (Å²) in [6, 6.07) is 16.1. The van der Waals surface area contributed by atoms with Gasteiger partial charge in [-0.05, 0) is 47.9 Å². The average molecular weight is 477 g/mol. The summed E-state index contributed by atoms with van der Waals surface area (Å²) in [5.74, 6) is -1.44. The maximum atomic E-state index is 13.0. The van der Waals surface area contributed by atoms with Gasteiger partial charge in [-0.25, -0.2) is 4.79 Å².